The predicted octanol–water partition coefficient (Wildman–Crippen LogP) is 2.43. The molecule has 0 atom stereocenters. The molecule has 0 unspecified atom stereocenters. The summed E-state index contributed by atoms with van der Waals surface area (Å²) in [5.41, 5.74) is 0.0248. The van der Waals surface area contributed by atoms with Gasteiger partial charge in [0.05, 0.1) is 9.92 Å². The number of aldehydes is 1. The Labute approximate surface area is 93.6 Å². The van der Waals surface area contributed by atoms with Crippen molar-refractivity contribution in [2.75, 3.05) is 0 Å². The summed E-state index contributed by atoms with van der Waals surface area (Å²) in [5.74, 6) is 0. The second-order valence-corrected chi connectivity index (χ2v) is 4.10. The van der Waals surface area contributed by atoms with Crippen LogP contribution in [0, 0.1) is 0 Å². The van der Waals surface area contributed by atoms with Crippen LogP contribution < -0.4 is 0 Å². The van der Waals surface area contributed by atoms with Gasteiger partial charge in [-0.2, -0.15) is 8.42 Å². The first-order chi connectivity index (χ1) is 6.95. The van der Waals surface area contributed by atoms with E-state index < -0.39 is 10.1 Å². The summed E-state index contributed by atoms with van der Waals surface area (Å²) in [7, 11) is -4.27. The van der Waals surface area contributed by atoms with Crippen molar-refractivity contribution in [3.63, 3.8) is 0 Å². The lowest BCUT2D eigenvalue weighted by molar-refractivity contribution is 0.112. The van der Waals surface area contributed by atoms with Crippen molar-refractivity contribution in [1.29, 1.82) is 0 Å². The molecule has 0 aliphatic rings. The van der Waals surface area contributed by atoms with E-state index in [0.717, 1.165) is 12.1 Å². The van der Waals surface area contributed by atoms with E-state index in [1.807, 2.05) is 13.8 Å². The van der Waals surface area contributed by atoms with Crippen LogP contribution in [0.1, 0.15) is 24.2 Å². The molecule has 15 heavy (non-hydrogen) atoms. The number of benzene rings is 1. The van der Waals surface area contributed by atoms with Crippen LogP contribution in [0.2, 0.25) is 5.02 Å². The molecule has 0 aliphatic carbocycles. The fourth-order valence-corrected chi connectivity index (χ4v) is 1.45. The van der Waals surface area contributed by atoms with Crippen molar-refractivity contribution in [2.24, 2.45) is 0 Å². The van der Waals surface area contributed by atoms with Crippen LogP contribution in [0.3, 0.4) is 0 Å². The maximum absolute atomic E-state index is 10.6. The molecular weight excluding hydrogens is 240 g/mol. The molecule has 0 heterocycles. The van der Waals surface area contributed by atoms with Crippen molar-refractivity contribution in [2.45, 2.75) is 18.7 Å². The second kappa shape index (κ2) is 5.85. The number of hydrogen-bond donors (Lipinski definition) is 1. The van der Waals surface area contributed by atoms with E-state index in [4.69, 9.17) is 16.2 Å². The first-order valence-electron chi connectivity index (χ1n) is 4.17. The van der Waals surface area contributed by atoms with Crippen molar-refractivity contribution in [3.05, 3.63) is 28.8 Å². The third-order valence-electron chi connectivity index (χ3n) is 1.39. The second-order valence-electron chi connectivity index (χ2n) is 2.28. The van der Waals surface area contributed by atoms with E-state index in [1.54, 1.807) is 0 Å². The highest BCUT2D eigenvalue weighted by Gasteiger charge is 2.11. The molecule has 0 saturated heterocycles. The fraction of sp³-hybridized carbons (Fsp3) is 0.222. The number of rotatable bonds is 2. The summed E-state index contributed by atoms with van der Waals surface area (Å²) >= 11 is 5.54. The largest absolute Gasteiger partial charge is 0.298 e. The van der Waals surface area contributed by atoms with E-state index in [1.165, 1.54) is 6.07 Å². The average molecular weight is 251 g/mol. The van der Waals surface area contributed by atoms with Gasteiger partial charge in [0.1, 0.15) is 0 Å². The zero-order chi connectivity index (χ0) is 12.1. The maximum Gasteiger partial charge on any atom is 0.294 e. The number of halogens is 1. The van der Waals surface area contributed by atoms with Crippen molar-refractivity contribution < 1.29 is 17.8 Å². The van der Waals surface area contributed by atoms with Crippen molar-refractivity contribution >= 4 is 28.0 Å². The molecule has 0 fully saturated rings. The van der Waals surface area contributed by atoms with Gasteiger partial charge in [-0.3, -0.25) is 9.35 Å². The molecule has 1 aromatic carbocycles. The van der Waals surface area contributed by atoms with Crippen LogP contribution in [0.5, 0.6) is 0 Å². The van der Waals surface area contributed by atoms with E-state index in [2.05, 4.69) is 0 Å². The van der Waals surface area contributed by atoms with Gasteiger partial charge in [0.2, 0.25) is 0 Å². The Morgan fingerprint density at radius 2 is 1.87 bits per heavy atom. The predicted molar refractivity (Wildman–Crippen MR) is 58.0 cm³/mol. The average Bonchev–Trinajstić information content (AvgIpc) is 2.20. The number of hydrogen-bond acceptors (Lipinski definition) is 3. The van der Waals surface area contributed by atoms with Gasteiger partial charge in [-0.25, -0.2) is 0 Å². The summed E-state index contributed by atoms with van der Waals surface area (Å²) in [6, 6.07) is 3.35. The molecule has 0 saturated carbocycles. The Morgan fingerprint density at radius 1 is 1.33 bits per heavy atom. The van der Waals surface area contributed by atoms with Crippen LogP contribution in [0.25, 0.3) is 0 Å². The lowest BCUT2D eigenvalue weighted by Crippen LogP contribution is -1.98. The summed E-state index contributed by atoms with van der Waals surface area (Å²) in [6.45, 7) is 4.00. The third kappa shape index (κ3) is 3.99. The van der Waals surface area contributed by atoms with E-state index >= 15 is 0 Å². The molecule has 84 valence electrons. The number of carbonyl (C=O) groups is 1. The first-order valence-corrected chi connectivity index (χ1v) is 5.99. The Hall–Kier alpha value is -0.910. The Bertz CT molecular complexity index is 439. The van der Waals surface area contributed by atoms with Crippen LogP contribution in [0.15, 0.2) is 23.1 Å². The van der Waals surface area contributed by atoms with E-state index in [-0.39, 0.29) is 15.5 Å². The summed E-state index contributed by atoms with van der Waals surface area (Å²) in [5, 5.41) is 0.141. The third-order valence-corrected chi connectivity index (χ3v) is 2.59. The lowest BCUT2D eigenvalue weighted by atomic mass is 10.2. The van der Waals surface area contributed by atoms with Gasteiger partial charge in [0, 0.05) is 5.56 Å². The Morgan fingerprint density at radius 3 is 2.27 bits per heavy atom. The summed E-state index contributed by atoms with van der Waals surface area (Å²) in [6.07, 6.45) is 0.414. The van der Waals surface area contributed by atoms with Crippen LogP contribution in [-0.2, 0) is 10.1 Å². The minimum Gasteiger partial charge on any atom is -0.298 e. The van der Waals surface area contributed by atoms with Crippen LogP contribution in [0.4, 0.5) is 0 Å². The van der Waals surface area contributed by atoms with Gasteiger partial charge in [-0.1, -0.05) is 25.4 Å². The van der Waals surface area contributed by atoms with Crippen molar-refractivity contribution in [1.82, 2.24) is 0 Å². The molecule has 1 aromatic rings. The van der Waals surface area contributed by atoms with Gasteiger partial charge in [-0.05, 0) is 18.2 Å². The molecule has 0 amide bonds. The van der Waals surface area contributed by atoms with Crippen LogP contribution in [-0.4, -0.2) is 19.3 Å². The number of carbonyl (C=O) groups excluding carboxylic acids is 1. The maximum atomic E-state index is 10.6. The highest BCUT2D eigenvalue weighted by Crippen LogP contribution is 2.18. The quantitative estimate of drug-likeness (QED) is 0.646. The summed E-state index contributed by atoms with van der Waals surface area (Å²) < 4.78 is 29.8. The molecule has 0 aromatic heterocycles. The molecule has 0 aliphatic heterocycles. The van der Waals surface area contributed by atoms with Gasteiger partial charge in [0.15, 0.2) is 6.29 Å². The monoisotopic (exact) mass is 250 g/mol. The standard InChI is InChI=1S/C7H5ClO4S.C2H6/c8-7-2-1-6(13(10,11)12)3-5(7)4-9;1-2/h1-4H,(H,10,11,12);1-2H3. The normalized spacial score (nSPS) is 10.1. The van der Waals surface area contributed by atoms with Gasteiger partial charge >= 0.3 is 0 Å². The molecule has 6 heteroatoms. The fourth-order valence-electron chi connectivity index (χ4n) is 0.773. The minimum atomic E-state index is -4.27. The van der Waals surface area contributed by atoms with Gasteiger partial charge in [-0.15, -0.1) is 0 Å². The Balaban J connectivity index is 0.000000921. The zero-order valence-electron chi connectivity index (χ0n) is 8.27. The van der Waals surface area contributed by atoms with Crippen LogP contribution >= 0.6 is 11.6 Å². The molecule has 1 rings (SSSR count). The molecule has 0 radical (unpaired) electrons. The van der Waals surface area contributed by atoms with Crippen molar-refractivity contribution in [3.8, 4) is 0 Å². The Kier molecular flexibility index (Phi) is 5.49. The van der Waals surface area contributed by atoms with Gasteiger partial charge < -0.3 is 0 Å². The highest BCUT2D eigenvalue weighted by molar-refractivity contribution is 7.85. The molecule has 0 spiro atoms. The molecular formula is C9H11ClO4S. The highest BCUT2D eigenvalue weighted by atomic mass is 35.5. The molecule has 4 nitrogen and oxygen atoms in total. The SMILES string of the molecule is CC.O=Cc1cc(S(=O)(=O)O)ccc1Cl. The molecule has 0 bridgehead atoms. The smallest absolute Gasteiger partial charge is 0.294 e. The van der Waals surface area contributed by atoms with Gasteiger partial charge in [0.25, 0.3) is 10.1 Å². The zero-order valence-corrected chi connectivity index (χ0v) is 9.84. The van der Waals surface area contributed by atoms with E-state index in [9.17, 15) is 13.2 Å². The lowest BCUT2D eigenvalue weighted by Gasteiger charge is -1.99. The first kappa shape index (κ1) is 14.1. The minimum absolute atomic E-state index is 0.0248. The summed E-state index contributed by atoms with van der Waals surface area (Å²) in [4.78, 5) is 10.00. The van der Waals surface area contributed by atoms with E-state index in [0.29, 0.717) is 6.29 Å². The topological polar surface area (TPSA) is 71.4 Å². The molecule has 1 N–H and O–H groups in total.